The van der Waals surface area contributed by atoms with Crippen LogP contribution >= 0.6 is 11.6 Å². The molecule has 4 nitrogen and oxygen atoms in total. The minimum Gasteiger partial charge on any atom is -0.325 e. The molecule has 0 radical (unpaired) electrons. The summed E-state index contributed by atoms with van der Waals surface area (Å²) >= 11 is 5.79. The molecule has 0 fully saturated rings. The Hall–Kier alpha value is -0.910. The fourth-order valence-electron chi connectivity index (χ4n) is 1.38. The maximum atomic E-state index is 11.7. The van der Waals surface area contributed by atoms with Gasteiger partial charge in [0.1, 0.15) is 5.75 Å². The molecule has 1 unspecified atom stereocenters. The van der Waals surface area contributed by atoms with Crippen LogP contribution in [0.25, 0.3) is 0 Å². The van der Waals surface area contributed by atoms with E-state index in [1.54, 1.807) is 38.1 Å². The summed E-state index contributed by atoms with van der Waals surface area (Å²) in [6.45, 7) is 3.56. The summed E-state index contributed by atoms with van der Waals surface area (Å²) in [4.78, 5) is 11.6. The molecule has 1 atom stereocenters. The van der Waals surface area contributed by atoms with Crippen molar-refractivity contribution < 1.29 is 9.00 Å². The van der Waals surface area contributed by atoms with E-state index in [1.807, 2.05) is 0 Å². The van der Waals surface area contributed by atoms with Gasteiger partial charge in [-0.05, 0) is 32.0 Å². The number of benzene rings is 1. The van der Waals surface area contributed by atoms with E-state index in [9.17, 15) is 9.00 Å². The first-order chi connectivity index (χ1) is 8.26. The normalized spacial score (nSPS) is 13.1. The Labute approximate surface area is 114 Å². The summed E-state index contributed by atoms with van der Waals surface area (Å²) in [6, 6.07) is 6.80. The lowest BCUT2D eigenvalue weighted by Crippen LogP contribution is -2.39. The van der Waals surface area contributed by atoms with Crippen molar-refractivity contribution in [3.63, 3.8) is 0 Å². The molecule has 1 rings (SSSR count). The largest absolute Gasteiger partial charge is 0.325 e. The molecule has 0 aliphatic rings. The molecule has 0 saturated heterocycles. The molecular weight excluding hydrogens is 272 g/mol. The van der Waals surface area contributed by atoms with Gasteiger partial charge in [0.05, 0.1) is 0 Å². The number of halogens is 1. The van der Waals surface area contributed by atoms with E-state index >= 15 is 0 Å². The minimum atomic E-state index is -1.27. The van der Waals surface area contributed by atoms with Gasteiger partial charge in [-0.3, -0.25) is 9.00 Å². The lowest BCUT2D eigenvalue weighted by Gasteiger charge is -2.17. The molecule has 3 N–H and O–H groups in total. The number of rotatable bonds is 5. The number of nitrogens with two attached hydrogens (primary N) is 1. The second-order valence-corrected chi connectivity index (χ2v) is 6.67. The van der Waals surface area contributed by atoms with Gasteiger partial charge in [0.25, 0.3) is 0 Å². The molecule has 0 bridgehead atoms. The quantitative estimate of drug-likeness (QED) is 0.867. The maximum Gasteiger partial charge on any atom is 0.236 e. The van der Waals surface area contributed by atoms with Crippen LogP contribution in [-0.2, 0) is 15.6 Å². The number of amides is 1. The standard InChI is InChI=1S/C12H17ClN2O2S/c1-12(2,14)8-18(17)7-11(16)15-10-5-3-4-9(13)6-10/h3-6H,7-8,14H2,1-2H3,(H,15,16). The van der Waals surface area contributed by atoms with E-state index in [0.717, 1.165) is 0 Å². The van der Waals surface area contributed by atoms with Gasteiger partial charge in [0.15, 0.2) is 0 Å². The van der Waals surface area contributed by atoms with Crippen molar-refractivity contribution in [2.75, 3.05) is 16.8 Å². The van der Waals surface area contributed by atoms with E-state index < -0.39 is 16.3 Å². The molecule has 0 aliphatic carbocycles. The monoisotopic (exact) mass is 288 g/mol. The SMILES string of the molecule is CC(C)(N)CS(=O)CC(=O)Nc1cccc(Cl)c1. The van der Waals surface area contributed by atoms with E-state index in [-0.39, 0.29) is 17.4 Å². The van der Waals surface area contributed by atoms with Gasteiger partial charge in [0, 0.05) is 32.8 Å². The number of anilines is 1. The second kappa shape index (κ2) is 6.31. The average Bonchev–Trinajstić information content (AvgIpc) is 2.13. The zero-order chi connectivity index (χ0) is 13.8. The van der Waals surface area contributed by atoms with Gasteiger partial charge in [-0.25, -0.2) is 0 Å². The van der Waals surface area contributed by atoms with E-state index in [2.05, 4.69) is 5.32 Å². The minimum absolute atomic E-state index is 0.0624. The first-order valence-corrected chi connectivity index (χ1v) is 7.32. The molecule has 1 aromatic carbocycles. The number of hydrogen-bond donors (Lipinski definition) is 2. The Bertz CT molecular complexity index is 458. The molecule has 100 valence electrons. The molecule has 0 spiro atoms. The van der Waals surface area contributed by atoms with Gasteiger partial charge < -0.3 is 11.1 Å². The van der Waals surface area contributed by atoms with Crippen LogP contribution in [0.4, 0.5) is 5.69 Å². The van der Waals surface area contributed by atoms with Crippen LogP contribution in [0.5, 0.6) is 0 Å². The molecule has 1 aromatic rings. The molecule has 0 aliphatic heterocycles. The van der Waals surface area contributed by atoms with Gasteiger partial charge in [-0.15, -0.1) is 0 Å². The Kier molecular flexibility index (Phi) is 5.31. The van der Waals surface area contributed by atoms with Crippen LogP contribution in [-0.4, -0.2) is 27.2 Å². The van der Waals surface area contributed by atoms with Crippen molar-refractivity contribution in [3.05, 3.63) is 29.3 Å². The van der Waals surface area contributed by atoms with E-state index in [0.29, 0.717) is 10.7 Å². The molecular formula is C12H17ClN2O2S. The predicted molar refractivity (Wildman–Crippen MR) is 76.2 cm³/mol. The Morgan fingerprint density at radius 1 is 1.50 bits per heavy atom. The van der Waals surface area contributed by atoms with Crippen molar-refractivity contribution in [3.8, 4) is 0 Å². The zero-order valence-electron chi connectivity index (χ0n) is 10.4. The first-order valence-electron chi connectivity index (χ1n) is 5.45. The molecule has 0 heterocycles. The third-order valence-electron chi connectivity index (χ3n) is 1.93. The summed E-state index contributed by atoms with van der Waals surface area (Å²) in [6.07, 6.45) is 0. The topological polar surface area (TPSA) is 72.2 Å². The van der Waals surface area contributed by atoms with Gasteiger partial charge in [0.2, 0.25) is 5.91 Å². The fourth-order valence-corrected chi connectivity index (χ4v) is 2.86. The highest BCUT2D eigenvalue weighted by Gasteiger charge is 2.17. The van der Waals surface area contributed by atoms with E-state index in [4.69, 9.17) is 17.3 Å². The van der Waals surface area contributed by atoms with Crippen LogP contribution in [0.1, 0.15) is 13.8 Å². The van der Waals surface area contributed by atoms with Gasteiger partial charge in [-0.2, -0.15) is 0 Å². The van der Waals surface area contributed by atoms with Crippen molar-refractivity contribution >= 4 is 34.0 Å². The van der Waals surface area contributed by atoms with Crippen LogP contribution in [0, 0.1) is 0 Å². The second-order valence-electron chi connectivity index (χ2n) is 4.78. The molecule has 1 amide bonds. The molecule has 0 saturated carbocycles. The number of carbonyl (C=O) groups excluding carboxylic acids is 1. The third kappa shape index (κ3) is 6.14. The first kappa shape index (κ1) is 15.1. The third-order valence-corrected chi connectivity index (χ3v) is 3.82. The highest BCUT2D eigenvalue weighted by atomic mass is 35.5. The highest BCUT2D eigenvalue weighted by Crippen LogP contribution is 2.14. The van der Waals surface area contributed by atoms with Crippen molar-refractivity contribution in [2.24, 2.45) is 5.73 Å². The summed E-state index contributed by atoms with van der Waals surface area (Å²) in [7, 11) is -1.27. The van der Waals surface area contributed by atoms with Crippen molar-refractivity contribution in [1.82, 2.24) is 0 Å². The summed E-state index contributed by atoms with van der Waals surface area (Å²) in [5.74, 6) is -0.0804. The summed E-state index contributed by atoms with van der Waals surface area (Å²) in [5.41, 5.74) is 5.80. The lowest BCUT2D eigenvalue weighted by molar-refractivity contribution is -0.113. The van der Waals surface area contributed by atoms with Crippen molar-refractivity contribution in [1.29, 1.82) is 0 Å². The maximum absolute atomic E-state index is 11.7. The predicted octanol–water partition coefficient (Wildman–Crippen LogP) is 1.76. The molecule has 0 aromatic heterocycles. The van der Waals surface area contributed by atoms with Crippen LogP contribution in [0.15, 0.2) is 24.3 Å². The summed E-state index contributed by atoms with van der Waals surface area (Å²) < 4.78 is 11.7. The van der Waals surface area contributed by atoms with Gasteiger partial charge in [-0.1, -0.05) is 17.7 Å². The lowest BCUT2D eigenvalue weighted by atomic mass is 10.1. The Morgan fingerprint density at radius 2 is 2.17 bits per heavy atom. The van der Waals surface area contributed by atoms with Crippen molar-refractivity contribution in [2.45, 2.75) is 19.4 Å². The smallest absolute Gasteiger partial charge is 0.236 e. The number of carbonyl (C=O) groups is 1. The van der Waals surface area contributed by atoms with E-state index in [1.165, 1.54) is 0 Å². The number of hydrogen-bond acceptors (Lipinski definition) is 3. The van der Waals surface area contributed by atoms with Gasteiger partial charge >= 0.3 is 0 Å². The Balaban J connectivity index is 2.50. The zero-order valence-corrected chi connectivity index (χ0v) is 12.0. The Morgan fingerprint density at radius 3 is 2.72 bits per heavy atom. The fraction of sp³-hybridized carbons (Fsp3) is 0.417. The van der Waals surface area contributed by atoms with Crippen LogP contribution in [0.3, 0.4) is 0 Å². The highest BCUT2D eigenvalue weighted by molar-refractivity contribution is 7.85. The van der Waals surface area contributed by atoms with Crippen LogP contribution in [0.2, 0.25) is 5.02 Å². The number of nitrogens with one attached hydrogen (secondary N) is 1. The van der Waals surface area contributed by atoms with Crippen LogP contribution < -0.4 is 11.1 Å². The molecule has 18 heavy (non-hydrogen) atoms. The average molecular weight is 289 g/mol. The molecule has 6 heteroatoms. The summed E-state index contributed by atoms with van der Waals surface area (Å²) in [5, 5.41) is 3.18.